The van der Waals surface area contributed by atoms with Crippen molar-refractivity contribution < 1.29 is 9.53 Å². The standard InChI is InChI=1S/C17H24N6O2/c1-4-15-22-21-12-23(15)10-9-19-17(18-2)20-11-13-5-7-14(8-6-13)16(24)25-3/h5-8,12H,4,9-11H2,1-3H3,(H2,18,19,20). The Bertz CT molecular complexity index is 708. The molecule has 2 aromatic rings. The highest BCUT2D eigenvalue weighted by Crippen LogP contribution is 2.05. The van der Waals surface area contributed by atoms with Gasteiger partial charge >= 0.3 is 5.97 Å². The molecule has 1 heterocycles. The van der Waals surface area contributed by atoms with Crippen LogP contribution in [0.3, 0.4) is 0 Å². The van der Waals surface area contributed by atoms with E-state index < -0.39 is 0 Å². The number of esters is 1. The molecule has 1 aromatic carbocycles. The second-order valence-corrected chi connectivity index (χ2v) is 5.34. The zero-order valence-corrected chi connectivity index (χ0v) is 14.8. The molecule has 0 spiro atoms. The highest BCUT2D eigenvalue weighted by atomic mass is 16.5. The highest BCUT2D eigenvalue weighted by Gasteiger charge is 2.05. The fraction of sp³-hybridized carbons (Fsp3) is 0.412. The summed E-state index contributed by atoms with van der Waals surface area (Å²) in [6.07, 6.45) is 2.59. The van der Waals surface area contributed by atoms with Crippen molar-refractivity contribution in [2.75, 3.05) is 20.7 Å². The Morgan fingerprint density at radius 1 is 1.28 bits per heavy atom. The number of hydrogen-bond donors (Lipinski definition) is 2. The molecule has 2 N–H and O–H groups in total. The van der Waals surface area contributed by atoms with Gasteiger partial charge in [0.1, 0.15) is 12.2 Å². The first-order valence-corrected chi connectivity index (χ1v) is 8.16. The Morgan fingerprint density at radius 2 is 2.04 bits per heavy atom. The molecule has 8 nitrogen and oxygen atoms in total. The number of carbonyl (C=O) groups is 1. The van der Waals surface area contributed by atoms with Crippen molar-refractivity contribution in [1.29, 1.82) is 0 Å². The maximum Gasteiger partial charge on any atom is 0.337 e. The third-order valence-electron chi connectivity index (χ3n) is 3.72. The minimum Gasteiger partial charge on any atom is -0.465 e. The number of rotatable bonds is 7. The number of guanidine groups is 1. The van der Waals surface area contributed by atoms with E-state index in [4.69, 9.17) is 0 Å². The molecule has 8 heteroatoms. The number of nitrogens with zero attached hydrogens (tertiary/aromatic N) is 4. The molecule has 0 saturated heterocycles. The molecule has 0 aliphatic carbocycles. The molecule has 0 aliphatic heterocycles. The van der Waals surface area contributed by atoms with Crippen LogP contribution in [0.15, 0.2) is 35.6 Å². The number of ether oxygens (including phenoxy) is 1. The molecule has 0 radical (unpaired) electrons. The number of methoxy groups -OCH3 is 1. The van der Waals surface area contributed by atoms with E-state index in [-0.39, 0.29) is 5.97 Å². The summed E-state index contributed by atoms with van der Waals surface area (Å²) in [4.78, 5) is 15.6. The molecular weight excluding hydrogens is 320 g/mol. The van der Waals surface area contributed by atoms with Crippen LogP contribution < -0.4 is 10.6 Å². The van der Waals surface area contributed by atoms with Crippen molar-refractivity contribution in [3.05, 3.63) is 47.5 Å². The normalized spacial score (nSPS) is 11.2. The van der Waals surface area contributed by atoms with Crippen LogP contribution in [-0.2, 0) is 24.2 Å². The summed E-state index contributed by atoms with van der Waals surface area (Å²) < 4.78 is 6.71. The molecule has 25 heavy (non-hydrogen) atoms. The van der Waals surface area contributed by atoms with Gasteiger partial charge in [-0.3, -0.25) is 4.99 Å². The molecule has 0 unspecified atom stereocenters. The van der Waals surface area contributed by atoms with Crippen molar-refractivity contribution >= 4 is 11.9 Å². The molecular formula is C17H24N6O2. The van der Waals surface area contributed by atoms with Gasteiger partial charge in [-0.2, -0.15) is 0 Å². The predicted molar refractivity (Wildman–Crippen MR) is 95.4 cm³/mol. The van der Waals surface area contributed by atoms with Crippen LogP contribution in [0.1, 0.15) is 28.7 Å². The molecule has 0 aliphatic rings. The fourth-order valence-electron chi connectivity index (χ4n) is 2.32. The Balaban J connectivity index is 1.79. The maximum atomic E-state index is 11.4. The Labute approximate surface area is 147 Å². The van der Waals surface area contributed by atoms with Crippen LogP contribution in [-0.4, -0.2) is 47.4 Å². The summed E-state index contributed by atoms with van der Waals surface area (Å²) >= 11 is 0. The van der Waals surface area contributed by atoms with Gasteiger partial charge in [0.15, 0.2) is 5.96 Å². The van der Waals surface area contributed by atoms with Gasteiger partial charge in [0.25, 0.3) is 0 Å². The zero-order valence-electron chi connectivity index (χ0n) is 14.8. The van der Waals surface area contributed by atoms with Crippen molar-refractivity contribution in [1.82, 2.24) is 25.4 Å². The van der Waals surface area contributed by atoms with Crippen molar-refractivity contribution in [3.8, 4) is 0 Å². The topological polar surface area (TPSA) is 93.4 Å². The van der Waals surface area contributed by atoms with E-state index in [1.165, 1.54) is 7.11 Å². The van der Waals surface area contributed by atoms with E-state index in [1.807, 2.05) is 16.7 Å². The summed E-state index contributed by atoms with van der Waals surface area (Å²) in [6.45, 7) is 4.14. The number of carbonyl (C=O) groups excluding carboxylic acids is 1. The number of nitrogens with one attached hydrogen (secondary N) is 2. The fourth-order valence-corrected chi connectivity index (χ4v) is 2.32. The molecule has 0 fully saturated rings. The van der Waals surface area contributed by atoms with Crippen molar-refractivity contribution in [2.45, 2.75) is 26.4 Å². The van der Waals surface area contributed by atoms with Crippen molar-refractivity contribution in [3.63, 3.8) is 0 Å². The third-order valence-corrected chi connectivity index (χ3v) is 3.72. The van der Waals surface area contributed by atoms with Crippen LogP contribution in [0.5, 0.6) is 0 Å². The lowest BCUT2D eigenvalue weighted by atomic mass is 10.1. The van der Waals surface area contributed by atoms with Gasteiger partial charge in [-0.1, -0.05) is 19.1 Å². The largest absolute Gasteiger partial charge is 0.465 e. The number of hydrogen-bond acceptors (Lipinski definition) is 5. The molecule has 0 bridgehead atoms. The lowest BCUT2D eigenvalue weighted by molar-refractivity contribution is 0.0600. The van der Waals surface area contributed by atoms with E-state index in [9.17, 15) is 4.79 Å². The summed E-state index contributed by atoms with van der Waals surface area (Å²) in [7, 11) is 3.10. The van der Waals surface area contributed by atoms with Gasteiger partial charge in [-0.15, -0.1) is 10.2 Å². The van der Waals surface area contributed by atoms with Gasteiger partial charge in [0, 0.05) is 33.1 Å². The monoisotopic (exact) mass is 344 g/mol. The van der Waals surface area contributed by atoms with Gasteiger partial charge in [-0.05, 0) is 17.7 Å². The van der Waals surface area contributed by atoms with Gasteiger partial charge in [-0.25, -0.2) is 4.79 Å². The molecule has 2 rings (SSSR count). The Kier molecular flexibility index (Phi) is 6.94. The first-order chi connectivity index (χ1) is 12.2. The van der Waals surface area contributed by atoms with Crippen molar-refractivity contribution in [2.24, 2.45) is 4.99 Å². The van der Waals surface area contributed by atoms with Gasteiger partial charge in [0.05, 0.1) is 12.7 Å². The minimum atomic E-state index is -0.336. The quantitative estimate of drug-likeness (QED) is 0.442. The van der Waals surface area contributed by atoms with E-state index >= 15 is 0 Å². The van der Waals surface area contributed by atoms with Crippen LogP contribution >= 0.6 is 0 Å². The molecule has 134 valence electrons. The average molecular weight is 344 g/mol. The third kappa shape index (κ3) is 5.30. The molecule has 0 atom stereocenters. The number of benzene rings is 1. The van der Waals surface area contributed by atoms with Gasteiger partial charge in [0.2, 0.25) is 0 Å². The predicted octanol–water partition coefficient (Wildman–Crippen LogP) is 0.992. The Morgan fingerprint density at radius 3 is 2.68 bits per heavy atom. The van der Waals surface area contributed by atoms with Gasteiger partial charge < -0.3 is 19.9 Å². The number of aromatic nitrogens is 3. The maximum absolute atomic E-state index is 11.4. The first-order valence-electron chi connectivity index (χ1n) is 8.16. The lowest BCUT2D eigenvalue weighted by Gasteiger charge is -2.13. The summed E-state index contributed by atoms with van der Waals surface area (Å²) in [5, 5.41) is 14.5. The second-order valence-electron chi connectivity index (χ2n) is 5.34. The Hall–Kier alpha value is -2.90. The SMILES string of the molecule is CCc1nncn1CCNC(=NC)NCc1ccc(C(=O)OC)cc1. The summed E-state index contributed by atoms with van der Waals surface area (Å²) in [6, 6.07) is 7.27. The number of aryl methyl sites for hydroxylation is 1. The van der Waals surface area contributed by atoms with E-state index in [0.29, 0.717) is 24.6 Å². The zero-order chi connectivity index (χ0) is 18.1. The smallest absolute Gasteiger partial charge is 0.337 e. The van der Waals surface area contributed by atoms with Crippen LogP contribution in [0, 0.1) is 0 Å². The molecule has 0 amide bonds. The van der Waals surface area contributed by atoms with Crippen LogP contribution in [0.2, 0.25) is 0 Å². The second kappa shape index (κ2) is 9.41. The van der Waals surface area contributed by atoms with E-state index in [1.54, 1.807) is 25.5 Å². The lowest BCUT2D eigenvalue weighted by Crippen LogP contribution is -2.38. The number of aliphatic imine (C=N–C) groups is 1. The first kappa shape index (κ1) is 18.4. The summed E-state index contributed by atoms with van der Waals surface area (Å²) in [5.41, 5.74) is 1.58. The molecule has 0 saturated carbocycles. The summed E-state index contributed by atoms with van der Waals surface area (Å²) in [5.74, 6) is 1.34. The molecule has 1 aromatic heterocycles. The average Bonchev–Trinajstić information content (AvgIpc) is 3.11. The van der Waals surface area contributed by atoms with E-state index in [2.05, 4.69) is 37.5 Å². The van der Waals surface area contributed by atoms with Crippen LogP contribution in [0.4, 0.5) is 0 Å². The minimum absolute atomic E-state index is 0.336. The highest BCUT2D eigenvalue weighted by molar-refractivity contribution is 5.89. The van der Waals surface area contributed by atoms with Crippen LogP contribution in [0.25, 0.3) is 0 Å². The van der Waals surface area contributed by atoms with E-state index in [0.717, 1.165) is 24.4 Å².